The molecule has 1 saturated heterocycles. The Balaban J connectivity index is 1.32. The maximum absolute atomic E-state index is 14.0. The molecule has 41 heavy (non-hydrogen) atoms. The summed E-state index contributed by atoms with van der Waals surface area (Å²) in [5.41, 5.74) is 5.39. The number of aryl methyl sites for hydroxylation is 1. The van der Waals surface area contributed by atoms with Crippen LogP contribution in [-0.4, -0.2) is 76.3 Å². The van der Waals surface area contributed by atoms with Gasteiger partial charge in [-0.3, -0.25) is 20.1 Å². The van der Waals surface area contributed by atoms with E-state index >= 15 is 0 Å². The number of hydrazine groups is 1. The fraction of sp³-hybridized carbons (Fsp3) is 0.310. The number of benzene rings is 2. The molecule has 9 nitrogen and oxygen atoms in total. The molecule has 0 bridgehead atoms. The lowest BCUT2D eigenvalue weighted by atomic mass is 10.0. The molecule has 2 aromatic carbocycles. The molecule has 0 unspecified atom stereocenters. The number of carbonyl (C=O) groups is 1. The number of likely N-dealkylation sites (N-methyl/N-ethyl adjacent to an activating group) is 1. The zero-order chi connectivity index (χ0) is 29.0. The Morgan fingerprint density at radius 3 is 2.51 bits per heavy atom. The van der Waals surface area contributed by atoms with Gasteiger partial charge in [-0.1, -0.05) is 12.1 Å². The molecule has 0 saturated carbocycles. The van der Waals surface area contributed by atoms with Gasteiger partial charge in [0.2, 0.25) is 0 Å². The quantitative estimate of drug-likeness (QED) is 0.440. The van der Waals surface area contributed by atoms with Crippen LogP contribution in [0, 0.1) is 6.92 Å². The van der Waals surface area contributed by atoms with Gasteiger partial charge in [0.1, 0.15) is 6.33 Å². The molecule has 12 heteroatoms. The van der Waals surface area contributed by atoms with Gasteiger partial charge in [-0.05, 0) is 55.4 Å². The molecule has 3 aromatic rings. The molecule has 0 atom stereocenters. The lowest BCUT2D eigenvalue weighted by molar-refractivity contribution is -0.138. The van der Waals surface area contributed by atoms with Crippen molar-refractivity contribution >= 4 is 23.1 Å². The van der Waals surface area contributed by atoms with E-state index < -0.39 is 17.6 Å². The molecular weight excluding hydrogens is 533 g/mol. The Hall–Kier alpha value is -4.29. The molecule has 1 fully saturated rings. The summed E-state index contributed by atoms with van der Waals surface area (Å²) in [4.78, 5) is 29.8. The predicted molar refractivity (Wildman–Crippen MR) is 151 cm³/mol. The molecule has 3 heterocycles. The van der Waals surface area contributed by atoms with E-state index in [1.54, 1.807) is 30.7 Å². The first-order chi connectivity index (χ1) is 19.7. The first-order valence-electron chi connectivity index (χ1n) is 13.2. The minimum atomic E-state index is -4.58. The number of nitrogens with zero attached hydrogens (tertiary/aromatic N) is 6. The molecule has 2 N–H and O–H groups in total. The zero-order valence-electron chi connectivity index (χ0n) is 22.8. The second-order valence-corrected chi connectivity index (χ2v) is 10.1. The van der Waals surface area contributed by atoms with Gasteiger partial charge in [0.25, 0.3) is 5.91 Å². The normalized spacial score (nSPS) is 16.4. The minimum absolute atomic E-state index is 0.0609. The molecule has 1 aromatic heterocycles. The second kappa shape index (κ2) is 12.1. The first-order valence-corrected chi connectivity index (χ1v) is 13.2. The Bertz CT molecular complexity index is 1450. The van der Waals surface area contributed by atoms with Gasteiger partial charge in [0.15, 0.2) is 5.84 Å². The first kappa shape index (κ1) is 28.2. The SMILES string of the molecule is Cc1ccc(NC(=O)c2ccc(CN3CCN(C)CC3)c(C(F)(F)F)c2)cc1NN1CC=CN=C1c1cncnc1. The van der Waals surface area contributed by atoms with Gasteiger partial charge < -0.3 is 10.2 Å². The Labute approximate surface area is 236 Å². The monoisotopic (exact) mass is 564 g/mol. The van der Waals surface area contributed by atoms with Gasteiger partial charge in [-0.2, -0.15) is 13.2 Å². The number of amides is 1. The molecule has 0 radical (unpaired) electrons. The average molecular weight is 565 g/mol. The summed E-state index contributed by atoms with van der Waals surface area (Å²) < 4.78 is 42.0. The lowest BCUT2D eigenvalue weighted by Gasteiger charge is -2.33. The number of amidine groups is 1. The molecule has 2 aliphatic rings. The summed E-state index contributed by atoms with van der Waals surface area (Å²) in [6, 6.07) is 9.07. The third kappa shape index (κ3) is 6.90. The highest BCUT2D eigenvalue weighted by Gasteiger charge is 2.34. The van der Waals surface area contributed by atoms with E-state index in [2.05, 4.69) is 30.6 Å². The molecular formula is C29H31F3N8O. The van der Waals surface area contributed by atoms with Crippen molar-refractivity contribution in [1.82, 2.24) is 24.8 Å². The van der Waals surface area contributed by atoms with Crippen LogP contribution >= 0.6 is 0 Å². The topological polar surface area (TPSA) is 89.0 Å². The summed E-state index contributed by atoms with van der Waals surface area (Å²) in [6.07, 6.45) is 3.77. The zero-order valence-corrected chi connectivity index (χ0v) is 22.8. The largest absolute Gasteiger partial charge is 0.416 e. The van der Waals surface area contributed by atoms with Crippen LogP contribution in [0.5, 0.6) is 0 Å². The maximum atomic E-state index is 14.0. The van der Waals surface area contributed by atoms with Crippen LogP contribution in [-0.2, 0) is 12.7 Å². The number of hydrogen-bond donors (Lipinski definition) is 2. The van der Waals surface area contributed by atoms with E-state index in [0.29, 0.717) is 36.8 Å². The Morgan fingerprint density at radius 2 is 1.78 bits per heavy atom. The fourth-order valence-corrected chi connectivity index (χ4v) is 4.71. The van der Waals surface area contributed by atoms with Crippen molar-refractivity contribution in [3.8, 4) is 0 Å². The van der Waals surface area contributed by atoms with Gasteiger partial charge >= 0.3 is 6.18 Å². The molecule has 1 amide bonds. The number of carbonyl (C=O) groups excluding carboxylic acids is 1. The van der Waals surface area contributed by atoms with Crippen molar-refractivity contribution in [3.05, 3.63) is 95.2 Å². The number of nitrogens with one attached hydrogen (secondary N) is 2. The van der Waals surface area contributed by atoms with Crippen molar-refractivity contribution in [3.63, 3.8) is 0 Å². The summed E-state index contributed by atoms with van der Waals surface area (Å²) in [5, 5.41) is 4.57. The van der Waals surface area contributed by atoms with Gasteiger partial charge in [-0.15, -0.1) is 0 Å². The molecule has 2 aliphatic heterocycles. The highest BCUT2D eigenvalue weighted by Crippen LogP contribution is 2.34. The number of piperazine rings is 1. The van der Waals surface area contributed by atoms with E-state index in [1.165, 1.54) is 18.5 Å². The molecule has 5 rings (SSSR count). The molecule has 0 spiro atoms. The number of aliphatic imine (C=N–C) groups is 1. The van der Waals surface area contributed by atoms with Gasteiger partial charge in [-0.25, -0.2) is 15.0 Å². The fourth-order valence-electron chi connectivity index (χ4n) is 4.71. The number of halogens is 3. The van der Waals surface area contributed by atoms with Crippen LogP contribution in [0.25, 0.3) is 0 Å². The van der Waals surface area contributed by atoms with Crippen molar-refractivity contribution in [2.45, 2.75) is 19.6 Å². The van der Waals surface area contributed by atoms with Gasteiger partial charge in [0, 0.05) is 62.6 Å². The van der Waals surface area contributed by atoms with E-state index in [0.717, 1.165) is 30.3 Å². The number of aromatic nitrogens is 2. The molecule has 214 valence electrons. The highest BCUT2D eigenvalue weighted by molar-refractivity contribution is 6.05. The third-order valence-corrected chi connectivity index (χ3v) is 7.08. The minimum Gasteiger partial charge on any atom is -0.322 e. The van der Waals surface area contributed by atoms with Crippen molar-refractivity contribution in [2.75, 3.05) is 50.5 Å². The second-order valence-electron chi connectivity index (χ2n) is 10.1. The number of hydrogen-bond acceptors (Lipinski definition) is 8. The van der Waals surface area contributed by atoms with Crippen molar-refractivity contribution < 1.29 is 18.0 Å². The van der Waals surface area contributed by atoms with Crippen molar-refractivity contribution in [1.29, 1.82) is 0 Å². The van der Waals surface area contributed by atoms with Crippen molar-refractivity contribution in [2.24, 2.45) is 4.99 Å². The van der Waals surface area contributed by atoms with E-state index in [9.17, 15) is 18.0 Å². The number of alkyl halides is 3. The van der Waals surface area contributed by atoms with Crippen LogP contribution in [0.2, 0.25) is 0 Å². The third-order valence-electron chi connectivity index (χ3n) is 7.08. The Morgan fingerprint density at radius 1 is 1.02 bits per heavy atom. The van der Waals surface area contributed by atoms with E-state index in [-0.39, 0.29) is 17.7 Å². The maximum Gasteiger partial charge on any atom is 0.416 e. The number of anilines is 2. The summed E-state index contributed by atoms with van der Waals surface area (Å²) in [7, 11) is 2.00. The van der Waals surface area contributed by atoms with Gasteiger partial charge in [0.05, 0.1) is 23.4 Å². The number of rotatable bonds is 7. The van der Waals surface area contributed by atoms with Crippen LogP contribution in [0.3, 0.4) is 0 Å². The van der Waals surface area contributed by atoms with Crippen LogP contribution < -0.4 is 10.7 Å². The summed E-state index contributed by atoms with van der Waals surface area (Å²) in [6.45, 7) is 5.61. The van der Waals surface area contributed by atoms with Crippen LogP contribution in [0.1, 0.15) is 32.6 Å². The molecule has 0 aliphatic carbocycles. The standard InChI is InChI=1S/C29H31F3N8O/c1-20-4-7-24(15-26(20)37-40-9-3-8-35-27(40)23-16-33-19-34-17-23)36-28(41)21-5-6-22(25(14-21)29(30,31)32)18-39-12-10-38(2)11-13-39/h3-8,14-17,19,37H,9-13,18H2,1-2H3,(H,36,41). The highest BCUT2D eigenvalue weighted by atomic mass is 19.4. The smallest absolute Gasteiger partial charge is 0.322 e. The predicted octanol–water partition coefficient (Wildman–Crippen LogP) is 4.41. The van der Waals surface area contributed by atoms with Crippen LogP contribution in [0.4, 0.5) is 24.5 Å². The van der Waals surface area contributed by atoms with E-state index in [4.69, 9.17) is 0 Å². The van der Waals surface area contributed by atoms with Crippen LogP contribution in [0.15, 0.2) is 72.4 Å². The summed E-state index contributed by atoms with van der Waals surface area (Å²) in [5.74, 6) is -0.000626. The lowest BCUT2D eigenvalue weighted by Crippen LogP contribution is -2.44. The summed E-state index contributed by atoms with van der Waals surface area (Å²) >= 11 is 0. The Kier molecular flexibility index (Phi) is 8.31. The average Bonchev–Trinajstić information content (AvgIpc) is 2.96. The van der Waals surface area contributed by atoms with E-state index in [1.807, 2.05) is 36.0 Å².